The minimum Gasteiger partial charge on any atom is -0.484 e. The first kappa shape index (κ1) is 13.2. The molecule has 0 spiro atoms. The van der Waals surface area contributed by atoms with E-state index in [2.05, 4.69) is 0 Å². The van der Waals surface area contributed by atoms with Crippen molar-refractivity contribution in [3.05, 3.63) is 33.9 Å². The number of ether oxygens (including phenoxy) is 1. The summed E-state index contributed by atoms with van der Waals surface area (Å²) < 4.78 is 5.49. The first-order chi connectivity index (χ1) is 8.08. The first-order valence-corrected chi connectivity index (χ1v) is 5.48. The Balaban J connectivity index is 2.98. The largest absolute Gasteiger partial charge is 0.484 e. The van der Waals surface area contributed by atoms with Gasteiger partial charge in [0.2, 0.25) is 0 Å². The van der Waals surface area contributed by atoms with Crippen LogP contribution in [-0.2, 0) is 0 Å². The Kier molecular flexibility index (Phi) is 4.63. The third kappa shape index (κ3) is 3.55. The minimum atomic E-state index is -0.541. The van der Waals surface area contributed by atoms with Crippen LogP contribution in [0.5, 0.6) is 5.75 Å². The standard InChI is InChI=1S/C12H15NO4/c1-3-4-9(2)17-12-6-5-10(8-14)7-11(12)13(15)16/h5-9H,3-4H2,1-2H3. The molecule has 0 saturated heterocycles. The second-order valence-electron chi connectivity index (χ2n) is 3.82. The SMILES string of the molecule is CCCC(C)Oc1ccc(C=O)cc1[N+](=O)[O-]. The van der Waals surface area contributed by atoms with Crippen molar-refractivity contribution in [3.63, 3.8) is 0 Å². The van der Waals surface area contributed by atoms with Crippen LogP contribution in [0.3, 0.4) is 0 Å². The Morgan fingerprint density at radius 2 is 2.24 bits per heavy atom. The highest BCUT2D eigenvalue weighted by atomic mass is 16.6. The van der Waals surface area contributed by atoms with Crippen LogP contribution in [-0.4, -0.2) is 17.3 Å². The molecule has 0 heterocycles. The Morgan fingerprint density at radius 3 is 2.76 bits per heavy atom. The summed E-state index contributed by atoms with van der Waals surface area (Å²) in [5.74, 6) is 0.210. The lowest BCUT2D eigenvalue weighted by Crippen LogP contribution is -2.12. The van der Waals surface area contributed by atoms with Gasteiger partial charge in [-0.3, -0.25) is 14.9 Å². The third-order valence-electron chi connectivity index (χ3n) is 2.34. The number of aldehydes is 1. The second kappa shape index (κ2) is 5.98. The van der Waals surface area contributed by atoms with E-state index < -0.39 is 4.92 Å². The highest BCUT2D eigenvalue weighted by Gasteiger charge is 2.17. The second-order valence-corrected chi connectivity index (χ2v) is 3.82. The van der Waals surface area contributed by atoms with Gasteiger partial charge in [-0.2, -0.15) is 0 Å². The lowest BCUT2D eigenvalue weighted by molar-refractivity contribution is -0.386. The van der Waals surface area contributed by atoms with Crippen molar-refractivity contribution in [3.8, 4) is 5.75 Å². The molecule has 17 heavy (non-hydrogen) atoms. The quantitative estimate of drug-likeness (QED) is 0.433. The Morgan fingerprint density at radius 1 is 1.53 bits per heavy atom. The number of nitro benzene ring substituents is 1. The van der Waals surface area contributed by atoms with Crippen LogP contribution < -0.4 is 4.74 Å². The van der Waals surface area contributed by atoms with E-state index in [-0.39, 0.29) is 23.1 Å². The third-order valence-corrected chi connectivity index (χ3v) is 2.34. The summed E-state index contributed by atoms with van der Waals surface area (Å²) in [5, 5.41) is 10.8. The van der Waals surface area contributed by atoms with Gasteiger partial charge in [0.15, 0.2) is 5.75 Å². The van der Waals surface area contributed by atoms with Gasteiger partial charge in [-0.25, -0.2) is 0 Å². The van der Waals surface area contributed by atoms with Crippen LogP contribution in [0.2, 0.25) is 0 Å². The van der Waals surface area contributed by atoms with Gasteiger partial charge < -0.3 is 4.74 Å². The van der Waals surface area contributed by atoms with Crippen LogP contribution >= 0.6 is 0 Å². The minimum absolute atomic E-state index is 0.0826. The highest BCUT2D eigenvalue weighted by molar-refractivity contribution is 5.77. The Hall–Kier alpha value is -1.91. The summed E-state index contributed by atoms with van der Waals surface area (Å²) in [6.45, 7) is 3.88. The van der Waals surface area contributed by atoms with E-state index in [0.717, 1.165) is 12.8 Å². The molecule has 0 saturated carbocycles. The molecule has 0 fully saturated rings. The van der Waals surface area contributed by atoms with Crippen LogP contribution in [0, 0.1) is 10.1 Å². The van der Waals surface area contributed by atoms with Gasteiger partial charge in [0.1, 0.15) is 6.29 Å². The molecule has 1 rings (SSSR count). The lowest BCUT2D eigenvalue weighted by Gasteiger charge is -2.13. The molecule has 1 aromatic carbocycles. The molecular formula is C12H15NO4. The fraction of sp³-hybridized carbons (Fsp3) is 0.417. The van der Waals surface area contributed by atoms with Gasteiger partial charge in [0.25, 0.3) is 0 Å². The van der Waals surface area contributed by atoms with E-state index in [0.29, 0.717) is 6.29 Å². The van der Waals surface area contributed by atoms with Gasteiger partial charge in [-0.05, 0) is 25.5 Å². The molecule has 0 aliphatic rings. The van der Waals surface area contributed by atoms with E-state index in [1.165, 1.54) is 18.2 Å². The maximum absolute atomic E-state index is 10.8. The first-order valence-electron chi connectivity index (χ1n) is 5.48. The number of benzene rings is 1. The van der Waals surface area contributed by atoms with E-state index >= 15 is 0 Å². The normalized spacial score (nSPS) is 11.9. The molecule has 0 aromatic heterocycles. The molecular weight excluding hydrogens is 222 g/mol. The number of rotatable bonds is 6. The lowest BCUT2D eigenvalue weighted by atomic mass is 10.2. The number of nitro groups is 1. The molecule has 1 aromatic rings. The number of carbonyl (C=O) groups excluding carboxylic acids is 1. The van der Waals surface area contributed by atoms with E-state index in [9.17, 15) is 14.9 Å². The summed E-state index contributed by atoms with van der Waals surface area (Å²) in [7, 11) is 0. The van der Waals surface area contributed by atoms with Crippen LogP contribution in [0.4, 0.5) is 5.69 Å². The highest BCUT2D eigenvalue weighted by Crippen LogP contribution is 2.28. The number of nitrogens with zero attached hydrogens (tertiary/aromatic N) is 1. The zero-order chi connectivity index (χ0) is 12.8. The van der Waals surface area contributed by atoms with E-state index in [1.807, 2.05) is 13.8 Å². The maximum atomic E-state index is 10.8. The molecule has 0 N–H and O–H groups in total. The van der Waals surface area contributed by atoms with Crippen molar-refractivity contribution < 1.29 is 14.5 Å². The van der Waals surface area contributed by atoms with Crippen molar-refractivity contribution in [2.24, 2.45) is 0 Å². The number of carbonyl (C=O) groups is 1. The van der Waals surface area contributed by atoms with E-state index in [1.54, 1.807) is 0 Å². The molecule has 92 valence electrons. The van der Waals surface area contributed by atoms with Crippen molar-refractivity contribution in [1.82, 2.24) is 0 Å². The molecule has 5 nitrogen and oxygen atoms in total. The van der Waals surface area contributed by atoms with Gasteiger partial charge in [0, 0.05) is 11.6 Å². The van der Waals surface area contributed by atoms with Crippen LogP contribution in [0.15, 0.2) is 18.2 Å². The van der Waals surface area contributed by atoms with Gasteiger partial charge >= 0.3 is 5.69 Å². The fourth-order valence-electron chi connectivity index (χ4n) is 1.53. The van der Waals surface area contributed by atoms with Crippen molar-refractivity contribution in [2.45, 2.75) is 32.8 Å². The monoisotopic (exact) mass is 237 g/mol. The van der Waals surface area contributed by atoms with Crippen LogP contribution in [0.25, 0.3) is 0 Å². The molecule has 5 heteroatoms. The molecule has 0 radical (unpaired) electrons. The molecule has 1 unspecified atom stereocenters. The number of hydrogen-bond acceptors (Lipinski definition) is 4. The van der Waals surface area contributed by atoms with Gasteiger partial charge in [-0.15, -0.1) is 0 Å². The van der Waals surface area contributed by atoms with Crippen molar-refractivity contribution in [1.29, 1.82) is 0 Å². The summed E-state index contributed by atoms with van der Waals surface area (Å²) >= 11 is 0. The predicted molar refractivity (Wildman–Crippen MR) is 63.5 cm³/mol. The summed E-state index contributed by atoms with van der Waals surface area (Å²) in [4.78, 5) is 20.9. The average Bonchev–Trinajstić information content (AvgIpc) is 2.29. The van der Waals surface area contributed by atoms with Crippen molar-refractivity contribution in [2.75, 3.05) is 0 Å². The average molecular weight is 237 g/mol. The smallest absolute Gasteiger partial charge is 0.311 e. The topological polar surface area (TPSA) is 69.4 Å². The summed E-state index contributed by atoms with van der Waals surface area (Å²) in [6, 6.07) is 4.20. The Labute approximate surface area is 99.5 Å². The van der Waals surface area contributed by atoms with E-state index in [4.69, 9.17) is 4.74 Å². The predicted octanol–water partition coefficient (Wildman–Crippen LogP) is 2.97. The molecule has 1 atom stereocenters. The van der Waals surface area contributed by atoms with Gasteiger partial charge in [0.05, 0.1) is 11.0 Å². The Bertz CT molecular complexity index is 417. The number of hydrogen-bond donors (Lipinski definition) is 0. The zero-order valence-electron chi connectivity index (χ0n) is 9.88. The van der Waals surface area contributed by atoms with Crippen molar-refractivity contribution >= 4 is 12.0 Å². The van der Waals surface area contributed by atoms with Gasteiger partial charge in [-0.1, -0.05) is 13.3 Å². The summed E-state index contributed by atoms with van der Waals surface area (Å²) in [5.41, 5.74) is 0.102. The molecule has 0 aliphatic heterocycles. The summed E-state index contributed by atoms with van der Waals surface area (Å²) in [6.07, 6.45) is 2.26. The zero-order valence-corrected chi connectivity index (χ0v) is 9.88. The molecule has 0 bridgehead atoms. The molecule has 0 amide bonds. The fourth-order valence-corrected chi connectivity index (χ4v) is 1.53. The van der Waals surface area contributed by atoms with Crippen LogP contribution in [0.1, 0.15) is 37.0 Å². The maximum Gasteiger partial charge on any atom is 0.311 e. The molecule has 0 aliphatic carbocycles.